The predicted octanol–water partition coefficient (Wildman–Crippen LogP) is 2.83. The third-order valence-corrected chi connectivity index (χ3v) is 4.20. The summed E-state index contributed by atoms with van der Waals surface area (Å²) in [6.45, 7) is 0.119. The van der Waals surface area contributed by atoms with Gasteiger partial charge in [0.2, 0.25) is 0 Å². The van der Waals surface area contributed by atoms with Gasteiger partial charge in [-0.1, -0.05) is 54.1 Å². The molecule has 0 aliphatic rings. The largest absolute Gasteiger partial charge is 0.258 e. The highest BCUT2D eigenvalue weighted by molar-refractivity contribution is 7.89. The molecule has 0 amide bonds. The SMILES string of the molecule is O=S(=O)([N]Cc1ccccc1)c1ccccc1Cl. The van der Waals surface area contributed by atoms with Gasteiger partial charge in [-0.15, -0.1) is 4.72 Å². The van der Waals surface area contributed by atoms with Gasteiger partial charge in [0.05, 0.1) is 11.6 Å². The van der Waals surface area contributed by atoms with Crippen LogP contribution in [0.3, 0.4) is 0 Å². The number of hydrogen-bond donors (Lipinski definition) is 0. The van der Waals surface area contributed by atoms with Gasteiger partial charge in [-0.3, -0.25) is 0 Å². The quantitative estimate of drug-likeness (QED) is 0.865. The van der Waals surface area contributed by atoms with Crippen molar-refractivity contribution in [2.45, 2.75) is 11.4 Å². The van der Waals surface area contributed by atoms with Crippen LogP contribution in [0.4, 0.5) is 0 Å². The molecule has 0 unspecified atom stereocenters. The molecule has 5 heteroatoms. The fourth-order valence-electron chi connectivity index (χ4n) is 1.47. The molecule has 0 aromatic heterocycles. The number of sulfonamides is 1. The van der Waals surface area contributed by atoms with Crippen LogP contribution in [0.15, 0.2) is 59.5 Å². The van der Waals surface area contributed by atoms with Gasteiger partial charge < -0.3 is 0 Å². The maximum atomic E-state index is 12.0. The second kappa shape index (κ2) is 5.52. The van der Waals surface area contributed by atoms with Crippen LogP contribution in [0.2, 0.25) is 5.02 Å². The number of nitrogens with zero attached hydrogens (tertiary/aromatic N) is 1. The average Bonchev–Trinajstić information content (AvgIpc) is 2.38. The van der Waals surface area contributed by atoms with E-state index in [1.807, 2.05) is 30.3 Å². The maximum absolute atomic E-state index is 12.0. The first-order chi connectivity index (χ1) is 8.59. The first kappa shape index (κ1) is 13.1. The van der Waals surface area contributed by atoms with E-state index in [0.29, 0.717) is 0 Å². The fourth-order valence-corrected chi connectivity index (χ4v) is 2.92. The van der Waals surface area contributed by atoms with Crippen molar-refractivity contribution in [3.63, 3.8) is 0 Å². The summed E-state index contributed by atoms with van der Waals surface area (Å²) in [5, 5.41) is 0.189. The van der Waals surface area contributed by atoms with E-state index in [0.717, 1.165) is 5.56 Å². The Balaban J connectivity index is 2.16. The molecule has 2 aromatic rings. The molecule has 2 aromatic carbocycles. The molecule has 0 aliphatic heterocycles. The van der Waals surface area contributed by atoms with E-state index < -0.39 is 10.0 Å². The second-order valence-electron chi connectivity index (χ2n) is 3.68. The van der Waals surface area contributed by atoms with Gasteiger partial charge in [-0.2, -0.15) is 0 Å². The Morgan fingerprint density at radius 1 is 0.944 bits per heavy atom. The van der Waals surface area contributed by atoms with Crippen LogP contribution >= 0.6 is 11.6 Å². The molecule has 0 bridgehead atoms. The smallest absolute Gasteiger partial charge is 0.206 e. The normalized spacial score (nSPS) is 11.4. The van der Waals surface area contributed by atoms with E-state index in [2.05, 4.69) is 4.72 Å². The number of benzene rings is 2. The molecule has 0 fully saturated rings. The zero-order valence-electron chi connectivity index (χ0n) is 9.45. The van der Waals surface area contributed by atoms with Crippen molar-refractivity contribution >= 4 is 21.6 Å². The molecule has 3 nitrogen and oxygen atoms in total. The molecular weight excluding hydrogens is 270 g/mol. The minimum absolute atomic E-state index is 0.0441. The highest BCUT2D eigenvalue weighted by Crippen LogP contribution is 2.21. The Morgan fingerprint density at radius 3 is 2.22 bits per heavy atom. The molecule has 1 radical (unpaired) electrons. The number of halogens is 1. The van der Waals surface area contributed by atoms with Crippen LogP contribution < -0.4 is 4.72 Å². The zero-order chi connectivity index (χ0) is 13.0. The highest BCUT2D eigenvalue weighted by Gasteiger charge is 2.18. The third kappa shape index (κ3) is 3.10. The Kier molecular flexibility index (Phi) is 4.01. The fraction of sp³-hybridized carbons (Fsp3) is 0.0769. The van der Waals surface area contributed by atoms with E-state index in [1.54, 1.807) is 12.1 Å². The van der Waals surface area contributed by atoms with E-state index in [9.17, 15) is 8.42 Å². The Morgan fingerprint density at radius 2 is 1.56 bits per heavy atom. The van der Waals surface area contributed by atoms with Crippen LogP contribution in [0, 0.1) is 0 Å². The van der Waals surface area contributed by atoms with Crippen molar-refractivity contribution in [1.29, 1.82) is 0 Å². The van der Waals surface area contributed by atoms with Crippen LogP contribution in [0.25, 0.3) is 0 Å². The van der Waals surface area contributed by atoms with E-state index >= 15 is 0 Å². The maximum Gasteiger partial charge on any atom is 0.258 e. The van der Waals surface area contributed by atoms with Crippen molar-refractivity contribution in [3.05, 3.63) is 65.2 Å². The lowest BCUT2D eigenvalue weighted by Gasteiger charge is -2.06. The molecule has 18 heavy (non-hydrogen) atoms. The van der Waals surface area contributed by atoms with Gasteiger partial charge in [0, 0.05) is 0 Å². The van der Waals surface area contributed by atoms with Crippen molar-refractivity contribution in [2.75, 3.05) is 0 Å². The molecule has 0 N–H and O–H groups in total. The van der Waals surface area contributed by atoms with Gasteiger partial charge in [0.25, 0.3) is 10.0 Å². The molecule has 0 aliphatic carbocycles. The second-order valence-corrected chi connectivity index (χ2v) is 5.73. The summed E-state index contributed by atoms with van der Waals surface area (Å²) in [5.74, 6) is 0. The minimum Gasteiger partial charge on any atom is -0.206 e. The van der Waals surface area contributed by atoms with Crippen LogP contribution in [-0.2, 0) is 16.6 Å². The van der Waals surface area contributed by atoms with E-state index in [-0.39, 0.29) is 16.5 Å². The number of rotatable bonds is 4. The Hall–Kier alpha value is -1.36. The summed E-state index contributed by atoms with van der Waals surface area (Å²) in [6, 6.07) is 15.5. The van der Waals surface area contributed by atoms with Gasteiger partial charge in [0.1, 0.15) is 4.90 Å². The Labute approximate surface area is 111 Å². The van der Waals surface area contributed by atoms with Gasteiger partial charge >= 0.3 is 0 Å². The lowest BCUT2D eigenvalue weighted by atomic mass is 10.2. The molecule has 0 saturated heterocycles. The summed E-state index contributed by atoms with van der Waals surface area (Å²) >= 11 is 5.85. The summed E-state index contributed by atoms with van der Waals surface area (Å²) in [7, 11) is -3.70. The van der Waals surface area contributed by atoms with Crippen molar-refractivity contribution in [3.8, 4) is 0 Å². The highest BCUT2D eigenvalue weighted by atomic mass is 35.5. The van der Waals surface area contributed by atoms with Gasteiger partial charge in [0.15, 0.2) is 0 Å². The molecular formula is C13H11ClNO2S. The monoisotopic (exact) mass is 280 g/mol. The minimum atomic E-state index is -3.70. The zero-order valence-corrected chi connectivity index (χ0v) is 11.0. The standard InChI is InChI=1S/C13H11ClNO2S/c14-12-8-4-5-9-13(12)18(16,17)15-10-11-6-2-1-3-7-11/h1-9H,10H2. The van der Waals surface area contributed by atoms with Crippen molar-refractivity contribution in [1.82, 2.24) is 4.72 Å². The number of hydrogen-bond acceptors (Lipinski definition) is 2. The molecule has 0 spiro atoms. The molecule has 93 valence electrons. The summed E-state index contributed by atoms with van der Waals surface area (Å²) in [6.07, 6.45) is 0. The third-order valence-electron chi connectivity index (χ3n) is 2.37. The Bertz CT molecular complexity index is 626. The molecule has 0 atom stereocenters. The molecule has 0 saturated carbocycles. The lowest BCUT2D eigenvalue weighted by Crippen LogP contribution is -2.16. The van der Waals surface area contributed by atoms with Gasteiger partial charge in [-0.05, 0) is 17.7 Å². The van der Waals surface area contributed by atoms with Crippen LogP contribution in [0.5, 0.6) is 0 Å². The van der Waals surface area contributed by atoms with Crippen molar-refractivity contribution < 1.29 is 8.42 Å². The van der Waals surface area contributed by atoms with Crippen LogP contribution in [-0.4, -0.2) is 8.42 Å². The first-order valence-electron chi connectivity index (χ1n) is 5.32. The molecule has 2 rings (SSSR count). The topological polar surface area (TPSA) is 48.2 Å². The average molecular weight is 281 g/mol. The van der Waals surface area contributed by atoms with Gasteiger partial charge in [-0.25, -0.2) is 8.42 Å². The van der Waals surface area contributed by atoms with E-state index in [1.165, 1.54) is 12.1 Å². The first-order valence-corrected chi connectivity index (χ1v) is 7.13. The lowest BCUT2D eigenvalue weighted by molar-refractivity contribution is 0.579. The molecule has 0 heterocycles. The summed E-state index contributed by atoms with van der Waals surface area (Å²) in [5.41, 5.74) is 0.841. The van der Waals surface area contributed by atoms with Crippen molar-refractivity contribution in [2.24, 2.45) is 0 Å². The van der Waals surface area contributed by atoms with Crippen LogP contribution in [0.1, 0.15) is 5.56 Å². The van der Waals surface area contributed by atoms with E-state index in [4.69, 9.17) is 11.6 Å². The summed E-state index contributed by atoms with van der Waals surface area (Å²) in [4.78, 5) is 0.0441. The summed E-state index contributed by atoms with van der Waals surface area (Å²) < 4.78 is 27.7. The predicted molar refractivity (Wildman–Crippen MR) is 70.9 cm³/mol.